The van der Waals surface area contributed by atoms with Crippen molar-refractivity contribution in [2.24, 2.45) is 0 Å². The highest BCUT2D eigenvalue weighted by atomic mass is 19.1. The van der Waals surface area contributed by atoms with Gasteiger partial charge in [-0.3, -0.25) is 0 Å². The molecule has 1 fully saturated rings. The van der Waals surface area contributed by atoms with Crippen LogP contribution in [0.25, 0.3) is 0 Å². The first kappa shape index (κ1) is 7.59. The molecular formula is C10H12FN. The number of aryl methyl sites for hydroxylation is 1. The summed E-state index contributed by atoms with van der Waals surface area (Å²) in [6.07, 6.45) is 2.32. The molecule has 12 heavy (non-hydrogen) atoms. The second-order valence-electron chi connectivity index (χ2n) is 3.50. The minimum Gasteiger partial charge on any atom is -0.398 e. The van der Waals surface area contributed by atoms with E-state index in [0.29, 0.717) is 5.92 Å². The molecule has 0 aliphatic heterocycles. The van der Waals surface area contributed by atoms with Gasteiger partial charge in [0.2, 0.25) is 0 Å². The Labute approximate surface area is 71.4 Å². The maximum Gasteiger partial charge on any atom is 0.123 e. The van der Waals surface area contributed by atoms with Crippen LogP contribution in [0.15, 0.2) is 12.1 Å². The predicted octanol–water partition coefficient (Wildman–Crippen LogP) is 2.59. The summed E-state index contributed by atoms with van der Waals surface area (Å²) in [5, 5.41) is 0. The van der Waals surface area contributed by atoms with Crippen molar-refractivity contribution in [1.29, 1.82) is 0 Å². The lowest BCUT2D eigenvalue weighted by molar-refractivity contribution is 0.624. The fourth-order valence-electron chi connectivity index (χ4n) is 1.51. The zero-order valence-electron chi connectivity index (χ0n) is 7.10. The van der Waals surface area contributed by atoms with E-state index >= 15 is 0 Å². The highest BCUT2D eigenvalue weighted by Gasteiger charge is 2.26. The molecule has 1 aliphatic rings. The van der Waals surface area contributed by atoms with E-state index in [1.165, 1.54) is 6.07 Å². The Bertz CT molecular complexity index is 316. The number of hydrogen-bond donors (Lipinski definition) is 1. The van der Waals surface area contributed by atoms with Crippen LogP contribution in [0.2, 0.25) is 0 Å². The summed E-state index contributed by atoms with van der Waals surface area (Å²) in [6.45, 7) is 1.85. The molecule has 2 N–H and O–H groups in total. The Hall–Kier alpha value is -1.05. The van der Waals surface area contributed by atoms with E-state index < -0.39 is 0 Å². The maximum absolute atomic E-state index is 12.9. The molecule has 0 unspecified atom stereocenters. The van der Waals surface area contributed by atoms with Crippen molar-refractivity contribution in [3.05, 3.63) is 29.1 Å². The van der Waals surface area contributed by atoms with Gasteiger partial charge in [-0.05, 0) is 48.9 Å². The lowest BCUT2D eigenvalue weighted by Crippen LogP contribution is -1.97. The third kappa shape index (κ3) is 1.17. The zero-order chi connectivity index (χ0) is 8.72. The third-order valence-electron chi connectivity index (χ3n) is 2.40. The average Bonchev–Trinajstić information content (AvgIpc) is 2.79. The number of nitrogen functional groups attached to an aromatic ring is 1. The molecule has 2 heteroatoms. The Morgan fingerprint density at radius 2 is 2.08 bits per heavy atom. The smallest absolute Gasteiger partial charge is 0.123 e. The monoisotopic (exact) mass is 165 g/mol. The van der Waals surface area contributed by atoms with Gasteiger partial charge >= 0.3 is 0 Å². The lowest BCUT2D eigenvalue weighted by atomic mass is 10.0. The number of hydrogen-bond acceptors (Lipinski definition) is 1. The summed E-state index contributed by atoms with van der Waals surface area (Å²) in [5.74, 6) is 0.364. The van der Waals surface area contributed by atoms with Gasteiger partial charge in [0.05, 0.1) is 0 Å². The van der Waals surface area contributed by atoms with Gasteiger partial charge in [-0.2, -0.15) is 0 Å². The summed E-state index contributed by atoms with van der Waals surface area (Å²) >= 11 is 0. The van der Waals surface area contributed by atoms with Gasteiger partial charge in [-0.25, -0.2) is 4.39 Å². The molecule has 1 aromatic carbocycles. The molecule has 64 valence electrons. The van der Waals surface area contributed by atoms with Crippen molar-refractivity contribution in [2.45, 2.75) is 25.7 Å². The van der Waals surface area contributed by atoms with Gasteiger partial charge in [0.15, 0.2) is 0 Å². The van der Waals surface area contributed by atoms with E-state index in [-0.39, 0.29) is 5.82 Å². The first-order valence-corrected chi connectivity index (χ1v) is 4.24. The van der Waals surface area contributed by atoms with E-state index in [0.717, 1.165) is 29.7 Å². The van der Waals surface area contributed by atoms with Crippen LogP contribution < -0.4 is 5.73 Å². The number of halogens is 1. The Morgan fingerprint density at radius 1 is 1.42 bits per heavy atom. The lowest BCUT2D eigenvalue weighted by Gasteiger charge is -2.06. The van der Waals surface area contributed by atoms with E-state index in [2.05, 4.69) is 0 Å². The van der Waals surface area contributed by atoms with E-state index in [1.54, 1.807) is 6.07 Å². The van der Waals surface area contributed by atoms with Gasteiger partial charge < -0.3 is 5.73 Å². The van der Waals surface area contributed by atoms with Crippen molar-refractivity contribution in [2.75, 3.05) is 5.73 Å². The molecule has 1 aliphatic carbocycles. The molecule has 0 bridgehead atoms. The fourth-order valence-corrected chi connectivity index (χ4v) is 1.51. The van der Waals surface area contributed by atoms with E-state index in [1.807, 2.05) is 6.92 Å². The Kier molecular flexibility index (Phi) is 1.56. The molecular weight excluding hydrogens is 153 g/mol. The van der Waals surface area contributed by atoms with Crippen LogP contribution in [-0.2, 0) is 0 Å². The second-order valence-corrected chi connectivity index (χ2v) is 3.50. The molecule has 1 nitrogen and oxygen atoms in total. The number of benzene rings is 1. The van der Waals surface area contributed by atoms with Gasteiger partial charge in [0, 0.05) is 5.69 Å². The van der Waals surface area contributed by atoms with Crippen molar-refractivity contribution >= 4 is 5.69 Å². The molecule has 0 radical (unpaired) electrons. The molecule has 1 aromatic rings. The minimum absolute atomic E-state index is 0.163. The van der Waals surface area contributed by atoms with Crippen LogP contribution in [0, 0.1) is 12.7 Å². The van der Waals surface area contributed by atoms with E-state index in [4.69, 9.17) is 5.73 Å². The maximum atomic E-state index is 12.9. The molecule has 0 atom stereocenters. The van der Waals surface area contributed by atoms with Crippen molar-refractivity contribution in [3.8, 4) is 0 Å². The molecule has 0 heterocycles. The topological polar surface area (TPSA) is 26.0 Å². The first-order chi connectivity index (χ1) is 5.68. The van der Waals surface area contributed by atoms with E-state index in [9.17, 15) is 4.39 Å². The molecule has 1 saturated carbocycles. The highest BCUT2D eigenvalue weighted by Crippen LogP contribution is 2.43. The molecule has 0 amide bonds. The van der Waals surface area contributed by atoms with Crippen LogP contribution in [0.1, 0.15) is 29.9 Å². The van der Waals surface area contributed by atoms with Gasteiger partial charge in [0.25, 0.3) is 0 Å². The summed E-state index contributed by atoms with van der Waals surface area (Å²) in [7, 11) is 0. The zero-order valence-corrected chi connectivity index (χ0v) is 7.10. The van der Waals surface area contributed by atoms with Crippen LogP contribution in [0.4, 0.5) is 10.1 Å². The van der Waals surface area contributed by atoms with Crippen LogP contribution in [0.3, 0.4) is 0 Å². The minimum atomic E-state index is -0.163. The quantitative estimate of drug-likeness (QED) is 0.636. The van der Waals surface area contributed by atoms with Gasteiger partial charge in [-0.1, -0.05) is 0 Å². The summed E-state index contributed by atoms with van der Waals surface area (Å²) in [4.78, 5) is 0. The van der Waals surface area contributed by atoms with Crippen LogP contribution in [-0.4, -0.2) is 0 Å². The Balaban J connectivity index is 2.51. The SMILES string of the molecule is Cc1cc(F)cc(C2CC2)c1N. The van der Waals surface area contributed by atoms with Crippen LogP contribution >= 0.6 is 0 Å². The number of nitrogens with two attached hydrogens (primary N) is 1. The standard InChI is InChI=1S/C10H12FN/c1-6-4-8(11)5-9(10(6)12)7-2-3-7/h4-5,7H,2-3,12H2,1H3. The molecule has 0 spiro atoms. The van der Waals surface area contributed by atoms with Crippen molar-refractivity contribution in [1.82, 2.24) is 0 Å². The normalized spacial score (nSPS) is 16.5. The average molecular weight is 165 g/mol. The summed E-state index contributed by atoms with van der Waals surface area (Å²) in [5.41, 5.74) is 8.47. The third-order valence-corrected chi connectivity index (χ3v) is 2.40. The second kappa shape index (κ2) is 2.47. The predicted molar refractivity (Wildman–Crippen MR) is 47.5 cm³/mol. The van der Waals surface area contributed by atoms with Crippen molar-refractivity contribution in [3.63, 3.8) is 0 Å². The molecule has 2 rings (SSSR count). The largest absolute Gasteiger partial charge is 0.398 e. The summed E-state index contributed by atoms with van der Waals surface area (Å²) < 4.78 is 12.9. The summed E-state index contributed by atoms with van der Waals surface area (Å²) in [6, 6.07) is 3.06. The Morgan fingerprint density at radius 3 is 2.67 bits per heavy atom. The first-order valence-electron chi connectivity index (χ1n) is 4.24. The number of rotatable bonds is 1. The van der Waals surface area contributed by atoms with Gasteiger partial charge in [-0.15, -0.1) is 0 Å². The molecule has 0 saturated heterocycles. The number of anilines is 1. The van der Waals surface area contributed by atoms with Crippen LogP contribution in [0.5, 0.6) is 0 Å². The van der Waals surface area contributed by atoms with Crippen molar-refractivity contribution < 1.29 is 4.39 Å². The fraction of sp³-hybridized carbons (Fsp3) is 0.400. The highest BCUT2D eigenvalue weighted by molar-refractivity contribution is 5.56. The molecule has 0 aromatic heterocycles. The van der Waals surface area contributed by atoms with Gasteiger partial charge in [0.1, 0.15) is 5.82 Å².